The molecular weight excluding hydrogens is 342 g/mol. The van der Waals surface area contributed by atoms with E-state index in [1.165, 1.54) is 18.0 Å². The topological polar surface area (TPSA) is 52.6 Å². The third-order valence-corrected chi connectivity index (χ3v) is 5.63. The van der Waals surface area contributed by atoms with Crippen LogP contribution in [0.1, 0.15) is 71.0 Å². The highest BCUT2D eigenvalue weighted by Crippen LogP contribution is 2.19. The SMILES string of the molecule is CCNC(=NCCc1csc(C(C)C)n1)NC(C)CCCN(CC)CC. The Balaban J connectivity index is 2.41. The average molecular weight is 382 g/mol. The molecule has 26 heavy (non-hydrogen) atoms. The van der Waals surface area contributed by atoms with E-state index in [4.69, 9.17) is 9.98 Å². The van der Waals surface area contributed by atoms with Crippen molar-refractivity contribution in [2.75, 3.05) is 32.7 Å². The summed E-state index contributed by atoms with van der Waals surface area (Å²) in [6.07, 6.45) is 3.27. The molecule has 1 heterocycles. The van der Waals surface area contributed by atoms with Gasteiger partial charge in [0.05, 0.1) is 10.7 Å². The van der Waals surface area contributed by atoms with Crippen LogP contribution in [0.2, 0.25) is 0 Å². The summed E-state index contributed by atoms with van der Waals surface area (Å²) in [5.41, 5.74) is 1.16. The van der Waals surface area contributed by atoms with Gasteiger partial charge in [-0.25, -0.2) is 4.98 Å². The second-order valence-electron chi connectivity index (χ2n) is 7.06. The van der Waals surface area contributed by atoms with Gasteiger partial charge in [0, 0.05) is 36.9 Å². The van der Waals surface area contributed by atoms with E-state index in [0.29, 0.717) is 12.0 Å². The Labute approximate surface area is 164 Å². The lowest BCUT2D eigenvalue weighted by molar-refractivity contribution is 0.292. The molecular formula is C20H39N5S. The molecule has 2 N–H and O–H groups in total. The maximum Gasteiger partial charge on any atom is 0.191 e. The number of nitrogens with one attached hydrogen (secondary N) is 2. The van der Waals surface area contributed by atoms with E-state index < -0.39 is 0 Å². The van der Waals surface area contributed by atoms with Gasteiger partial charge < -0.3 is 15.5 Å². The van der Waals surface area contributed by atoms with Crippen molar-refractivity contribution in [1.29, 1.82) is 0 Å². The molecule has 0 spiro atoms. The monoisotopic (exact) mass is 381 g/mol. The van der Waals surface area contributed by atoms with Crippen molar-refractivity contribution in [2.24, 2.45) is 4.99 Å². The first-order chi connectivity index (χ1) is 12.5. The Morgan fingerprint density at radius 3 is 2.54 bits per heavy atom. The molecule has 0 bridgehead atoms. The first kappa shape index (κ1) is 22.9. The summed E-state index contributed by atoms with van der Waals surface area (Å²) in [6.45, 7) is 18.3. The fourth-order valence-corrected chi connectivity index (χ4v) is 3.64. The molecule has 0 aliphatic heterocycles. The largest absolute Gasteiger partial charge is 0.357 e. The predicted octanol–water partition coefficient (Wildman–Crippen LogP) is 3.87. The molecule has 6 heteroatoms. The van der Waals surface area contributed by atoms with Crippen LogP contribution in [0.25, 0.3) is 0 Å². The van der Waals surface area contributed by atoms with Gasteiger partial charge in [-0.3, -0.25) is 4.99 Å². The second kappa shape index (κ2) is 13.1. The van der Waals surface area contributed by atoms with Crippen molar-refractivity contribution in [3.05, 3.63) is 16.1 Å². The number of guanidine groups is 1. The van der Waals surface area contributed by atoms with E-state index in [0.717, 1.165) is 50.7 Å². The Bertz CT molecular complexity index is 508. The lowest BCUT2D eigenvalue weighted by atomic mass is 10.2. The van der Waals surface area contributed by atoms with Crippen molar-refractivity contribution in [3.8, 4) is 0 Å². The van der Waals surface area contributed by atoms with Crippen molar-refractivity contribution in [3.63, 3.8) is 0 Å². The Morgan fingerprint density at radius 2 is 1.96 bits per heavy atom. The predicted molar refractivity (Wildman–Crippen MR) is 116 cm³/mol. The number of thiazole rings is 1. The van der Waals surface area contributed by atoms with E-state index in [2.05, 4.69) is 62.5 Å². The summed E-state index contributed by atoms with van der Waals surface area (Å²) in [6, 6.07) is 0.426. The zero-order chi connectivity index (χ0) is 19.4. The maximum atomic E-state index is 4.73. The number of aliphatic imine (C=N–C) groups is 1. The third-order valence-electron chi connectivity index (χ3n) is 4.43. The van der Waals surface area contributed by atoms with Crippen LogP contribution in [0, 0.1) is 0 Å². The Hall–Kier alpha value is -1.14. The van der Waals surface area contributed by atoms with Crippen LogP contribution in [0.4, 0.5) is 0 Å². The van der Waals surface area contributed by atoms with Crippen molar-refractivity contribution >= 4 is 17.3 Å². The summed E-state index contributed by atoms with van der Waals surface area (Å²) >= 11 is 1.76. The summed E-state index contributed by atoms with van der Waals surface area (Å²) in [5, 5.41) is 10.3. The molecule has 5 nitrogen and oxygen atoms in total. The second-order valence-corrected chi connectivity index (χ2v) is 7.95. The number of hydrogen-bond donors (Lipinski definition) is 2. The van der Waals surface area contributed by atoms with Crippen LogP contribution in [-0.4, -0.2) is 54.6 Å². The minimum atomic E-state index is 0.426. The molecule has 1 rings (SSSR count). The van der Waals surface area contributed by atoms with Crippen LogP contribution in [-0.2, 0) is 6.42 Å². The third kappa shape index (κ3) is 8.99. The van der Waals surface area contributed by atoms with E-state index in [1.54, 1.807) is 11.3 Å². The van der Waals surface area contributed by atoms with Crippen LogP contribution in [0.5, 0.6) is 0 Å². The summed E-state index contributed by atoms with van der Waals surface area (Å²) in [5.74, 6) is 1.43. The van der Waals surface area contributed by atoms with Gasteiger partial charge in [0.2, 0.25) is 0 Å². The molecule has 0 aliphatic carbocycles. The highest BCUT2D eigenvalue weighted by Gasteiger charge is 2.08. The van der Waals surface area contributed by atoms with Gasteiger partial charge in [-0.15, -0.1) is 11.3 Å². The molecule has 0 aliphatic rings. The van der Waals surface area contributed by atoms with Gasteiger partial charge in [0.1, 0.15) is 0 Å². The van der Waals surface area contributed by atoms with E-state index in [-0.39, 0.29) is 0 Å². The highest BCUT2D eigenvalue weighted by atomic mass is 32.1. The maximum absolute atomic E-state index is 4.73. The summed E-state index contributed by atoms with van der Waals surface area (Å²) in [4.78, 5) is 11.9. The molecule has 0 saturated carbocycles. The normalized spacial score (nSPS) is 13.5. The molecule has 1 atom stereocenters. The lowest BCUT2D eigenvalue weighted by Crippen LogP contribution is -2.42. The van der Waals surface area contributed by atoms with Crippen LogP contribution >= 0.6 is 11.3 Å². The zero-order valence-corrected chi connectivity index (χ0v) is 18.5. The fourth-order valence-electron chi connectivity index (χ4n) is 2.77. The van der Waals surface area contributed by atoms with Gasteiger partial charge in [-0.05, 0) is 46.3 Å². The van der Waals surface area contributed by atoms with Gasteiger partial charge in [0.15, 0.2) is 5.96 Å². The van der Waals surface area contributed by atoms with E-state index >= 15 is 0 Å². The van der Waals surface area contributed by atoms with E-state index in [1.807, 2.05) is 0 Å². The first-order valence-corrected chi connectivity index (χ1v) is 11.1. The molecule has 0 amide bonds. The van der Waals surface area contributed by atoms with Gasteiger partial charge in [-0.2, -0.15) is 0 Å². The van der Waals surface area contributed by atoms with E-state index in [9.17, 15) is 0 Å². The molecule has 1 aromatic heterocycles. The van der Waals surface area contributed by atoms with Crippen LogP contribution in [0.15, 0.2) is 10.4 Å². The number of nitrogens with zero attached hydrogens (tertiary/aromatic N) is 3. The molecule has 150 valence electrons. The molecule has 1 aromatic rings. The Morgan fingerprint density at radius 1 is 1.23 bits per heavy atom. The molecule has 0 saturated heterocycles. The molecule has 1 unspecified atom stereocenters. The lowest BCUT2D eigenvalue weighted by Gasteiger charge is -2.21. The number of aromatic nitrogens is 1. The quantitative estimate of drug-likeness (QED) is 0.426. The Kier molecular flexibility index (Phi) is 11.5. The first-order valence-electron chi connectivity index (χ1n) is 10.2. The summed E-state index contributed by atoms with van der Waals surface area (Å²) < 4.78 is 0. The van der Waals surface area contributed by atoms with Gasteiger partial charge in [-0.1, -0.05) is 27.7 Å². The molecule has 0 radical (unpaired) electrons. The standard InChI is InChI=1S/C20H39N5S/c1-7-21-20(23-17(6)11-10-14-25(8-2)9-3)22-13-12-18-15-26-19(24-18)16(4)5/h15-17H,7-14H2,1-6H3,(H2,21,22,23). The minimum Gasteiger partial charge on any atom is -0.357 e. The molecule has 0 aromatic carbocycles. The number of rotatable bonds is 12. The smallest absolute Gasteiger partial charge is 0.191 e. The van der Waals surface area contributed by atoms with Crippen LogP contribution < -0.4 is 10.6 Å². The average Bonchev–Trinajstić information content (AvgIpc) is 3.08. The zero-order valence-electron chi connectivity index (χ0n) is 17.6. The fraction of sp³-hybridized carbons (Fsp3) is 0.800. The molecule has 0 fully saturated rings. The van der Waals surface area contributed by atoms with Crippen molar-refractivity contribution < 1.29 is 0 Å². The van der Waals surface area contributed by atoms with Gasteiger partial charge in [0.25, 0.3) is 0 Å². The van der Waals surface area contributed by atoms with Crippen molar-refractivity contribution in [2.45, 2.75) is 72.8 Å². The van der Waals surface area contributed by atoms with Crippen molar-refractivity contribution in [1.82, 2.24) is 20.5 Å². The minimum absolute atomic E-state index is 0.426. The highest BCUT2D eigenvalue weighted by molar-refractivity contribution is 7.09. The van der Waals surface area contributed by atoms with Crippen LogP contribution in [0.3, 0.4) is 0 Å². The van der Waals surface area contributed by atoms with Gasteiger partial charge >= 0.3 is 0 Å². The number of hydrogen-bond acceptors (Lipinski definition) is 4. The summed E-state index contributed by atoms with van der Waals surface area (Å²) in [7, 11) is 0.